The third-order valence-electron chi connectivity index (χ3n) is 5.76. The number of unbranched alkanes of at least 4 members (excludes halogenated alkanes) is 1. The molecule has 0 bridgehead atoms. The van der Waals surface area contributed by atoms with E-state index < -0.39 is 0 Å². The Morgan fingerprint density at radius 2 is 1.50 bits per heavy atom. The molecule has 0 atom stereocenters. The van der Waals surface area contributed by atoms with Crippen molar-refractivity contribution < 1.29 is 4.39 Å². The lowest BCUT2D eigenvalue weighted by Crippen LogP contribution is -2.25. The van der Waals surface area contributed by atoms with Crippen LogP contribution in [0.1, 0.15) is 77.6 Å². The second-order valence-corrected chi connectivity index (χ2v) is 7.15. The summed E-state index contributed by atoms with van der Waals surface area (Å²) < 4.78 is 12.4. The summed E-state index contributed by atoms with van der Waals surface area (Å²) in [6.07, 6.45) is 19.3. The van der Waals surface area contributed by atoms with Crippen LogP contribution in [0.25, 0.3) is 0 Å². The quantitative estimate of drug-likeness (QED) is 0.500. The van der Waals surface area contributed by atoms with Crippen LogP contribution >= 0.6 is 0 Å². The van der Waals surface area contributed by atoms with Crippen LogP contribution < -0.4 is 0 Å². The van der Waals surface area contributed by atoms with Gasteiger partial charge in [-0.1, -0.05) is 38.3 Å². The van der Waals surface area contributed by atoms with E-state index in [4.69, 9.17) is 0 Å². The minimum absolute atomic E-state index is 0.107. The highest BCUT2D eigenvalue weighted by atomic mass is 19.1. The molecule has 2 fully saturated rings. The molecule has 0 saturated heterocycles. The largest absolute Gasteiger partial charge is 0.251 e. The van der Waals surface area contributed by atoms with Crippen LogP contribution in [0.15, 0.2) is 12.2 Å². The second-order valence-electron chi connectivity index (χ2n) is 7.15. The summed E-state index contributed by atoms with van der Waals surface area (Å²) in [5.74, 6) is 3.51. The molecule has 116 valence electrons. The van der Waals surface area contributed by atoms with Gasteiger partial charge in [0.1, 0.15) is 0 Å². The van der Waals surface area contributed by atoms with Crippen molar-refractivity contribution in [2.45, 2.75) is 77.6 Å². The Bertz CT molecular complexity index is 267. The first kappa shape index (κ1) is 16.0. The fraction of sp³-hybridized carbons (Fsp3) is 0.895. The van der Waals surface area contributed by atoms with Crippen molar-refractivity contribution in [2.24, 2.45) is 23.7 Å². The topological polar surface area (TPSA) is 0 Å². The summed E-state index contributed by atoms with van der Waals surface area (Å²) in [7, 11) is 0. The van der Waals surface area contributed by atoms with Gasteiger partial charge >= 0.3 is 0 Å². The van der Waals surface area contributed by atoms with Gasteiger partial charge in [-0.25, -0.2) is 0 Å². The molecule has 1 heteroatoms. The molecule has 0 aromatic heterocycles. The summed E-state index contributed by atoms with van der Waals surface area (Å²) in [6.45, 7) is 2.14. The average molecular weight is 280 g/mol. The molecule has 0 heterocycles. The maximum atomic E-state index is 12.4. The van der Waals surface area contributed by atoms with Crippen molar-refractivity contribution in [3.8, 4) is 0 Å². The second kappa shape index (κ2) is 8.85. The molecule has 0 aliphatic heterocycles. The lowest BCUT2D eigenvalue weighted by atomic mass is 9.69. The van der Waals surface area contributed by atoms with E-state index in [-0.39, 0.29) is 6.67 Å². The van der Waals surface area contributed by atoms with Crippen LogP contribution in [0.2, 0.25) is 0 Å². The van der Waals surface area contributed by atoms with Crippen LogP contribution in [0.3, 0.4) is 0 Å². The predicted molar refractivity (Wildman–Crippen MR) is 85.5 cm³/mol. The molecule has 0 amide bonds. The Balaban J connectivity index is 1.67. The van der Waals surface area contributed by atoms with Gasteiger partial charge in [-0.05, 0) is 75.0 Å². The highest BCUT2D eigenvalue weighted by Crippen LogP contribution is 2.42. The van der Waals surface area contributed by atoms with Crippen LogP contribution in [0.5, 0.6) is 0 Å². The SMILES string of the molecule is CCC/C=C/C1CCC(C2CCC(CCF)CC2)CC1. The third-order valence-corrected chi connectivity index (χ3v) is 5.76. The van der Waals surface area contributed by atoms with Gasteiger partial charge in [-0.15, -0.1) is 0 Å². The first-order chi connectivity index (χ1) is 9.83. The molecule has 2 saturated carbocycles. The number of alkyl halides is 1. The zero-order valence-corrected chi connectivity index (χ0v) is 13.3. The summed E-state index contributed by atoms with van der Waals surface area (Å²) >= 11 is 0. The molecular formula is C19H33F. The summed E-state index contributed by atoms with van der Waals surface area (Å²) in [4.78, 5) is 0. The number of allylic oxidation sites excluding steroid dienone is 2. The van der Waals surface area contributed by atoms with Crippen molar-refractivity contribution >= 4 is 0 Å². The van der Waals surface area contributed by atoms with E-state index in [1.54, 1.807) is 0 Å². The molecule has 0 N–H and O–H groups in total. The van der Waals surface area contributed by atoms with Gasteiger partial charge in [-0.2, -0.15) is 0 Å². The highest BCUT2D eigenvalue weighted by molar-refractivity contribution is 4.92. The van der Waals surface area contributed by atoms with Crippen molar-refractivity contribution in [1.82, 2.24) is 0 Å². The van der Waals surface area contributed by atoms with Gasteiger partial charge in [0.2, 0.25) is 0 Å². The molecule has 0 radical (unpaired) electrons. The van der Waals surface area contributed by atoms with Crippen molar-refractivity contribution in [3.05, 3.63) is 12.2 Å². The normalized spacial score (nSPS) is 35.5. The van der Waals surface area contributed by atoms with E-state index in [9.17, 15) is 4.39 Å². The van der Waals surface area contributed by atoms with Crippen LogP contribution in [0.4, 0.5) is 4.39 Å². The molecule has 0 spiro atoms. The summed E-state index contributed by atoms with van der Waals surface area (Å²) in [6, 6.07) is 0. The third kappa shape index (κ3) is 4.90. The Labute approximate surface area is 125 Å². The van der Waals surface area contributed by atoms with E-state index in [2.05, 4.69) is 19.1 Å². The highest BCUT2D eigenvalue weighted by Gasteiger charge is 2.30. The van der Waals surface area contributed by atoms with Crippen LogP contribution in [-0.2, 0) is 0 Å². The standard InChI is InChI=1S/C19H33F/c1-2-3-4-5-16-6-10-18(11-7-16)19-12-8-17(9-13-19)14-15-20/h4-5,16-19H,2-3,6-15H2,1H3/b5-4+. The number of hydrogen-bond acceptors (Lipinski definition) is 0. The van der Waals surface area contributed by atoms with Gasteiger partial charge in [-0.3, -0.25) is 4.39 Å². The van der Waals surface area contributed by atoms with Crippen molar-refractivity contribution in [2.75, 3.05) is 6.67 Å². The van der Waals surface area contributed by atoms with Crippen LogP contribution in [-0.4, -0.2) is 6.67 Å². The Morgan fingerprint density at radius 1 is 0.900 bits per heavy atom. The Morgan fingerprint density at radius 3 is 2.05 bits per heavy atom. The van der Waals surface area contributed by atoms with Crippen molar-refractivity contribution in [3.63, 3.8) is 0 Å². The smallest absolute Gasteiger partial charge is 0.0897 e. The zero-order chi connectivity index (χ0) is 14.2. The summed E-state index contributed by atoms with van der Waals surface area (Å²) in [5.41, 5.74) is 0. The molecule has 2 rings (SSSR count). The fourth-order valence-electron chi connectivity index (χ4n) is 4.37. The van der Waals surface area contributed by atoms with Crippen molar-refractivity contribution in [1.29, 1.82) is 0 Å². The maximum absolute atomic E-state index is 12.4. The van der Waals surface area contributed by atoms with Gasteiger partial charge in [0.05, 0.1) is 6.67 Å². The fourth-order valence-corrected chi connectivity index (χ4v) is 4.37. The first-order valence-corrected chi connectivity index (χ1v) is 9.06. The Hall–Kier alpha value is -0.330. The lowest BCUT2D eigenvalue weighted by Gasteiger charge is -2.37. The zero-order valence-electron chi connectivity index (χ0n) is 13.3. The lowest BCUT2D eigenvalue weighted by molar-refractivity contribution is 0.149. The van der Waals surface area contributed by atoms with E-state index in [1.165, 1.54) is 64.2 Å². The van der Waals surface area contributed by atoms with Gasteiger partial charge in [0.15, 0.2) is 0 Å². The number of rotatable bonds is 6. The van der Waals surface area contributed by atoms with Gasteiger partial charge in [0, 0.05) is 0 Å². The van der Waals surface area contributed by atoms with E-state index in [0.29, 0.717) is 5.92 Å². The minimum Gasteiger partial charge on any atom is -0.251 e. The molecule has 0 unspecified atom stereocenters. The minimum atomic E-state index is -0.107. The molecule has 0 aromatic rings. The molecule has 0 aromatic carbocycles. The van der Waals surface area contributed by atoms with Gasteiger partial charge < -0.3 is 0 Å². The van der Waals surface area contributed by atoms with E-state index >= 15 is 0 Å². The van der Waals surface area contributed by atoms with E-state index in [0.717, 1.165) is 24.2 Å². The van der Waals surface area contributed by atoms with Crippen LogP contribution in [0, 0.1) is 23.7 Å². The number of halogens is 1. The predicted octanol–water partition coefficient (Wildman–Crippen LogP) is 6.32. The molecular weight excluding hydrogens is 247 g/mol. The molecule has 20 heavy (non-hydrogen) atoms. The van der Waals surface area contributed by atoms with E-state index in [1.807, 2.05) is 0 Å². The average Bonchev–Trinajstić information content (AvgIpc) is 2.49. The molecule has 0 nitrogen and oxygen atoms in total. The summed E-state index contributed by atoms with van der Waals surface area (Å²) in [5, 5.41) is 0. The van der Waals surface area contributed by atoms with Gasteiger partial charge in [0.25, 0.3) is 0 Å². The maximum Gasteiger partial charge on any atom is 0.0897 e. The monoisotopic (exact) mass is 280 g/mol. The molecule has 2 aliphatic carbocycles. The molecule has 2 aliphatic rings. The Kier molecular flexibility index (Phi) is 7.10. The number of hydrogen-bond donors (Lipinski definition) is 0. The first-order valence-electron chi connectivity index (χ1n) is 9.06.